The average Bonchev–Trinajstić information content (AvgIpc) is 2.18. The Kier molecular flexibility index (Phi) is 11.7. The van der Waals surface area contributed by atoms with Crippen LogP contribution in [0.4, 0.5) is 0 Å². The van der Waals surface area contributed by atoms with Crippen LogP contribution in [0, 0.1) is 11.8 Å². The molecule has 72 valence electrons. The molecule has 0 radical (unpaired) electrons. The molecule has 13 heavy (non-hydrogen) atoms. The molecular weight excluding hydrogens is 158 g/mol. The van der Waals surface area contributed by atoms with Gasteiger partial charge in [-0.25, -0.2) is 0 Å². The molecule has 0 aliphatic heterocycles. The molecular formula is C12H19N. The second-order valence-electron chi connectivity index (χ2n) is 2.08. The third-order valence-electron chi connectivity index (χ3n) is 1.10. The number of hydrogen-bond acceptors (Lipinski definition) is 1. The van der Waals surface area contributed by atoms with Crippen molar-refractivity contribution in [1.29, 1.82) is 0 Å². The molecule has 0 aromatic rings. The van der Waals surface area contributed by atoms with Crippen LogP contribution in [0.5, 0.6) is 0 Å². The third-order valence-corrected chi connectivity index (χ3v) is 1.10. The first-order chi connectivity index (χ1) is 6.20. The topological polar surface area (TPSA) is 12.4 Å². The summed E-state index contributed by atoms with van der Waals surface area (Å²) in [5.74, 6) is 5.53. The fourth-order valence-corrected chi connectivity index (χ4v) is 0.453. The number of allylic oxidation sites excluding steroid dienone is 2. The van der Waals surface area contributed by atoms with E-state index >= 15 is 0 Å². The van der Waals surface area contributed by atoms with Crippen LogP contribution in [0.1, 0.15) is 34.1 Å². The van der Waals surface area contributed by atoms with Gasteiger partial charge in [-0.2, -0.15) is 0 Å². The molecule has 0 bridgehead atoms. The van der Waals surface area contributed by atoms with E-state index in [0.717, 1.165) is 17.7 Å². The minimum absolute atomic E-state index is 0.724. The van der Waals surface area contributed by atoms with Crippen LogP contribution >= 0.6 is 0 Å². The van der Waals surface area contributed by atoms with E-state index in [4.69, 9.17) is 0 Å². The number of aliphatic imine (C=N–C) groups is 1. The highest BCUT2D eigenvalue weighted by Gasteiger charge is 1.82. The molecule has 0 N–H and O–H groups in total. The number of nitrogens with zero attached hydrogens (tertiary/aromatic N) is 1. The Bertz CT molecular complexity index is 236. The molecule has 0 aliphatic carbocycles. The molecule has 1 heteroatoms. The van der Waals surface area contributed by atoms with Crippen LogP contribution in [0.3, 0.4) is 0 Å². The highest BCUT2D eigenvalue weighted by atomic mass is 14.7. The quantitative estimate of drug-likeness (QED) is 0.461. The Hall–Kier alpha value is -1.29. The van der Waals surface area contributed by atoms with E-state index in [1.807, 2.05) is 20.8 Å². The molecule has 0 atom stereocenters. The molecule has 0 heterocycles. The fourth-order valence-electron chi connectivity index (χ4n) is 0.453. The van der Waals surface area contributed by atoms with Crippen LogP contribution in [0.15, 0.2) is 29.4 Å². The Labute approximate surface area is 82.3 Å². The second-order valence-corrected chi connectivity index (χ2v) is 2.08. The summed E-state index contributed by atoms with van der Waals surface area (Å²) in [7, 11) is 0. The monoisotopic (exact) mass is 177 g/mol. The summed E-state index contributed by atoms with van der Waals surface area (Å²) in [6, 6.07) is 0. The van der Waals surface area contributed by atoms with E-state index in [-0.39, 0.29) is 0 Å². The molecule has 0 fully saturated rings. The van der Waals surface area contributed by atoms with Gasteiger partial charge in [-0.15, -0.1) is 5.92 Å². The molecule has 0 amide bonds. The van der Waals surface area contributed by atoms with Crippen molar-refractivity contribution in [3.63, 3.8) is 0 Å². The molecule has 0 aromatic heterocycles. The Morgan fingerprint density at radius 3 is 2.31 bits per heavy atom. The lowest BCUT2D eigenvalue weighted by Crippen LogP contribution is -1.78. The van der Waals surface area contributed by atoms with Gasteiger partial charge >= 0.3 is 0 Å². The Morgan fingerprint density at radius 1 is 1.38 bits per heavy atom. The lowest BCUT2D eigenvalue weighted by Gasteiger charge is -1.89. The van der Waals surface area contributed by atoms with Gasteiger partial charge in [0.1, 0.15) is 0 Å². The van der Waals surface area contributed by atoms with E-state index in [1.165, 1.54) is 0 Å². The predicted octanol–water partition coefficient (Wildman–Crippen LogP) is 3.59. The third kappa shape index (κ3) is 10.7. The van der Waals surface area contributed by atoms with E-state index < -0.39 is 0 Å². The Balaban J connectivity index is 0. The van der Waals surface area contributed by atoms with Crippen molar-refractivity contribution >= 4 is 6.21 Å². The molecule has 0 spiro atoms. The number of rotatable bonds is 3. The molecule has 0 unspecified atom stereocenters. The zero-order valence-electron chi connectivity index (χ0n) is 9.15. The SMILES string of the molecule is C=C(C#CC)C=NC(=C)CC.CC. The zero-order chi connectivity index (χ0) is 10.7. The predicted molar refractivity (Wildman–Crippen MR) is 61.9 cm³/mol. The van der Waals surface area contributed by atoms with Crippen molar-refractivity contribution in [1.82, 2.24) is 0 Å². The molecule has 0 aromatic carbocycles. The van der Waals surface area contributed by atoms with E-state index in [2.05, 4.69) is 30.0 Å². The van der Waals surface area contributed by atoms with Gasteiger partial charge in [-0.05, 0) is 13.3 Å². The van der Waals surface area contributed by atoms with Crippen LogP contribution in [0.25, 0.3) is 0 Å². The van der Waals surface area contributed by atoms with Gasteiger partial charge < -0.3 is 0 Å². The van der Waals surface area contributed by atoms with Crippen molar-refractivity contribution in [2.45, 2.75) is 34.1 Å². The lowest BCUT2D eigenvalue weighted by molar-refractivity contribution is 1.08. The first kappa shape index (κ1) is 14.2. The summed E-state index contributed by atoms with van der Waals surface area (Å²) in [5, 5.41) is 0. The van der Waals surface area contributed by atoms with Crippen molar-refractivity contribution in [3.05, 3.63) is 24.4 Å². The van der Waals surface area contributed by atoms with Crippen molar-refractivity contribution in [3.8, 4) is 11.8 Å². The minimum atomic E-state index is 0.724. The lowest BCUT2D eigenvalue weighted by atomic mass is 10.3. The van der Waals surface area contributed by atoms with Crippen LogP contribution in [-0.4, -0.2) is 6.21 Å². The van der Waals surface area contributed by atoms with Gasteiger partial charge in [0, 0.05) is 17.5 Å². The first-order valence-electron chi connectivity index (χ1n) is 4.54. The number of hydrogen-bond donors (Lipinski definition) is 0. The molecule has 1 nitrogen and oxygen atoms in total. The molecule has 0 saturated heterocycles. The second kappa shape index (κ2) is 10.7. The van der Waals surface area contributed by atoms with Crippen molar-refractivity contribution in [2.75, 3.05) is 0 Å². The van der Waals surface area contributed by atoms with Gasteiger partial charge in [-0.1, -0.05) is 39.8 Å². The normalized spacial score (nSPS) is 8.00. The minimum Gasteiger partial charge on any atom is -0.261 e. The van der Waals surface area contributed by atoms with Crippen LogP contribution in [0.2, 0.25) is 0 Å². The Morgan fingerprint density at radius 2 is 1.92 bits per heavy atom. The summed E-state index contributed by atoms with van der Waals surface area (Å²) in [6.45, 7) is 15.2. The van der Waals surface area contributed by atoms with Crippen molar-refractivity contribution < 1.29 is 0 Å². The largest absolute Gasteiger partial charge is 0.261 e. The highest BCUT2D eigenvalue weighted by molar-refractivity contribution is 5.84. The van der Waals surface area contributed by atoms with Gasteiger partial charge in [0.15, 0.2) is 0 Å². The van der Waals surface area contributed by atoms with E-state index in [9.17, 15) is 0 Å². The van der Waals surface area contributed by atoms with Crippen LogP contribution in [-0.2, 0) is 0 Å². The summed E-state index contributed by atoms with van der Waals surface area (Å²) in [4.78, 5) is 4.04. The fraction of sp³-hybridized carbons (Fsp3) is 0.417. The summed E-state index contributed by atoms with van der Waals surface area (Å²) >= 11 is 0. The smallest absolute Gasteiger partial charge is 0.0421 e. The summed E-state index contributed by atoms with van der Waals surface area (Å²) in [6.07, 6.45) is 2.51. The molecule has 0 saturated carbocycles. The molecule has 0 aliphatic rings. The highest BCUT2D eigenvalue weighted by Crippen LogP contribution is 1.97. The maximum absolute atomic E-state index is 4.04. The first-order valence-corrected chi connectivity index (χ1v) is 4.54. The van der Waals surface area contributed by atoms with Gasteiger partial charge in [0.05, 0.1) is 0 Å². The van der Waals surface area contributed by atoms with Crippen LogP contribution < -0.4 is 0 Å². The zero-order valence-corrected chi connectivity index (χ0v) is 9.15. The van der Waals surface area contributed by atoms with Gasteiger partial charge in [0.25, 0.3) is 0 Å². The summed E-state index contributed by atoms with van der Waals surface area (Å²) in [5.41, 5.74) is 1.58. The van der Waals surface area contributed by atoms with Gasteiger partial charge in [0.2, 0.25) is 0 Å². The molecule has 0 rings (SSSR count). The van der Waals surface area contributed by atoms with Gasteiger partial charge in [-0.3, -0.25) is 4.99 Å². The maximum atomic E-state index is 4.04. The summed E-state index contributed by atoms with van der Waals surface area (Å²) < 4.78 is 0. The van der Waals surface area contributed by atoms with Crippen molar-refractivity contribution in [2.24, 2.45) is 4.99 Å². The average molecular weight is 177 g/mol. The standard InChI is InChI=1S/C10H13N.C2H6/c1-5-7-9(3)8-11-10(4)6-2;1-2/h8H,3-4,6H2,1-2H3;1-2H3. The van der Waals surface area contributed by atoms with E-state index in [0.29, 0.717) is 0 Å². The van der Waals surface area contributed by atoms with E-state index in [1.54, 1.807) is 13.1 Å². The maximum Gasteiger partial charge on any atom is 0.0421 e.